The predicted octanol–water partition coefficient (Wildman–Crippen LogP) is 6.15. The molecular weight excluding hydrogens is 514 g/mol. The zero-order chi connectivity index (χ0) is 24.8. The number of carbonyl (C=O) groups is 3. The minimum Gasteiger partial charge on any atom is -0.369 e. The van der Waals surface area contributed by atoms with Gasteiger partial charge in [0.15, 0.2) is 0 Å². The molecule has 1 atom stereocenters. The van der Waals surface area contributed by atoms with E-state index in [0.717, 1.165) is 38.7 Å². The molecule has 1 fully saturated rings. The number of hydrogen-bond acceptors (Lipinski definition) is 5. The molecule has 2 aromatic rings. The third-order valence-electron chi connectivity index (χ3n) is 6.61. The summed E-state index contributed by atoms with van der Waals surface area (Å²) in [4.78, 5) is 41.6. The quantitative estimate of drug-likeness (QED) is 0.469. The van der Waals surface area contributed by atoms with Crippen molar-refractivity contribution in [2.75, 3.05) is 23.8 Å². The van der Waals surface area contributed by atoms with Crippen molar-refractivity contribution in [1.29, 1.82) is 0 Å². The fourth-order valence-corrected chi connectivity index (χ4v) is 5.64. The van der Waals surface area contributed by atoms with Crippen molar-refractivity contribution >= 4 is 62.2 Å². The number of carbonyl (C=O) groups excluding carboxylic acids is 3. The van der Waals surface area contributed by atoms with E-state index in [4.69, 9.17) is 0 Å². The van der Waals surface area contributed by atoms with Crippen molar-refractivity contribution in [3.63, 3.8) is 0 Å². The second-order valence-corrected chi connectivity index (χ2v) is 11.5. The molecule has 2 aromatic carbocycles. The minimum absolute atomic E-state index is 0.0693. The Bertz CT molecular complexity index is 1210. The molecule has 4 rings (SSSR count). The first-order valence-electron chi connectivity index (χ1n) is 11.2. The highest BCUT2D eigenvalue weighted by molar-refractivity contribution is 9.10. The van der Waals surface area contributed by atoms with Gasteiger partial charge in [0.05, 0.1) is 4.91 Å². The van der Waals surface area contributed by atoms with Crippen LogP contribution in [0.25, 0.3) is 6.08 Å². The Kier molecular flexibility index (Phi) is 6.66. The molecule has 0 bridgehead atoms. The Morgan fingerprint density at radius 2 is 1.91 bits per heavy atom. The van der Waals surface area contributed by atoms with E-state index in [9.17, 15) is 14.4 Å². The molecule has 2 aliphatic heterocycles. The molecular formula is C26H28BrN3O3S. The topological polar surface area (TPSA) is 69.7 Å². The van der Waals surface area contributed by atoms with Gasteiger partial charge in [-0.15, -0.1) is 0 Å². The summed E-state index contributed by atoms with van der Waals surface area (Å²) in [5.74, 6) is -0.481. The molecule has 178 valence electrons. The summed E-state index contributed by atoms with van der Waals surface area (Å²) in [5.41, 5.74) is 5.07. The van der Waals surface area contributed by atoms with Crippen LogP contribution >= 0.6 is 27.7 Å². The maximum absolute atomic E-state index is 13.0. The van der Waals surface area contributed by atoms with Gasteiger partial charge >= 0.3 is 0 Å². The van der Waals surface area contributed by atoms with Crippen molar-refractivity contribution in [2.45, 2.75) is 45.6 Å². The lowest BCUT2D eigenvalue weighted by Gasteiger charge is -2.45. The zero-order valence-corrected chi connectivity index (χ0v) is 22.3. The van der Waals surface area contributed by atoms with Crippen LogP contribution in [0.5, 0.6) is 0 Å². The van der Waals surface area contributed by atoms with E-state index in [1.165, 1.54) is 11.3 Å². The maximum atomic E-state index is 13.0. The number of imide groups is 1. The summed E-state index contributed by atoms with van der Waals surface area (Å²) in [6, 6.07) is 11.4. The van der Waals surface area contributed by atoms with E-state index in [1.807, 2.05) is 6.92 Å². The Morgan fingerprint density at radius 1 is 1.24 bits per heavy atom. The zero-order valence-electron chi connectivity index (χ0n) is 19.9. The van der Waals surface area contributed by atoms with Gasteiger partial charge < -0.3 is 10.2 Å². The number of benzene rings is 2. The number of amides is 3. The molecule has 0 aliphatic carbocycles. The number of aryl methyl sites for hydroxylation is 1. The number of thioether (sulfide) groups is 1. The lowest BCUT2D eigenvalue weighted by Crippen LogP contribution is -2.45. The fourth-order valence-electron chi connectivity index (χ4n) is 4.54. The van der Waals surface area contributed by atoms with E-state index in [0.29, 0.717) is 16.5 Å². The molecule has 0 spiro atoms. The average molecular weight is 542 g/mol. The van der Waals surface area contributed by atoms with Gasteiger partial charge in [-0.05, 0) is 104 Å². The van der Waals surface area contributed by atoms with E-state index in [2.05, 4.69) is 66.1 Å². The van der Waals surface area contributed by atoms with Crippen LogP contribution in [0.15, 0.2) is 45.8 Å². The first-order valence-corrected chi connectivity index (χ1v) is 12.8. The number of nitrogens with zero attached hydrogens (tertiary/aromatic N) is 2. The first-order chi connectivity index (χ1) is 16.0. The van der Waals surface area contributed by atoms with Gasteiger partial charge in [0.25, 0.3) is 11.1 Å². The summed E-state index contributed by atoms with van der Waals surface area (Å²) in [7, 11) is 2.12. The molecule has 0 radical (unpaired) electrons. The summed E-state index contributed by atoms with van der Waals surface area (Å²) in [6.45, 7) is 8.42. The molecule has 2 aliphatic rings. The number of nitrogens with one attached hydrogen (secondary N) is 1. The van der Waals surface area contributed by atoms with E-state index >= 15 is 0 Å². The minimum atomic E-state index is -0.440. The van der Waals surface area contributed by atoms with Crippen molar-refractivity contribution < 1.29 is 14.4 Å². The van der Waals surface area contributed by atoms with Gasteiger partial charge in [-0.1, -0.05) is 22.9 Å². The van der Waals surface area contributed by atoms with Crippen LogP contribution in [0.1, 0.15) is 49.8 Å². The highest BCUT2D eigenvalue weighted by atomic mass is 79.9. The fraction of sp³-hybridized carbons (Fsp3) is 0.346. The van der Waals surface area contributed by atoms with Crippen LogP contribution in [0.2, 0.25) is 0 Å². The molecule has 8 heteroatoms. The third kappa shape index (κ3) is 4.79. The molecule has 3 amide bonds. The molecule has 1 saturated heterocycles. The lowest BCUT2D eigenvalue weighted by atomic mass is 9.79. The van der Waals surface area contributed by atoms with Crippen LogP contribution in [0.4, 0.5) is 16.2 Å². The molecule has 0 saturated carbocycles. The summed E-state index contributed by atoms with van der Waals surface area (Å²) in [5, 5.41) is 2.28. The highest BCUT2D eigenvalue weighted by Crippen LogP contribution is 2.44. The molecule has 6 nitrogen and oxygen atoms in total. The van der Waals surface area contributed by atoms with Crippen molar-refractivity contribution in [3.8, 4) is 0 Å². The van der Waals surface area contributed by atoms with E-state index in [1.54, 1.807) is 30.3 Å². The van der Waals surface area contributed by atoms with Crippen LogP contribution in [0, 0.1) is 6.92 Å². The molecule has 0 unspecified atom stereocenters. The molecule has 2 heterocycles. The monoisotopic (exact) mass is 541 g/mol. The summed E-state index contributed by atoms with van der Waals surface area (Å²) in [6.07, 6.45) is 2.81. The number of rotatable bonds is 4. The number of anilines is 2. The highest BCUT2D eigenvalue weighted by Gasteiger charge is 2.37. The summed E-state index contributed by atoms with van der Waals surface area (Å²) >= 11 is 4.22. The smallest absolute Gasteiger partial charge is 0.294 e. The predicted molar refractivity (Wildman–Crippen MR) is 142 cm³/mol. The molecule has 1 N–H and O–H groups in total. The van der Waals surface area contributed by atoms with Crippen LogP contribution in [0.3, 0.4) is 0 Å². The van der Waals surface area contributed by atoms with Crippen molar-refractivity contribution in [3.05, 3.63) is 62.5 Å². The van der Waals surface area contributed by atoms with Gasteiger partial charge in [-0.3, -0.25) is 19.3 Å². The van der Waals surface area contributed by atoms with Crippen molar-refractivity contribution in [1.82, 2.24) is 4.90 Å². The molecule has 0 aromatic heterocycles. The second kappa shape index (κ2) is 9.23. The van der Waals surface area contributed by atoms with Crippen LogP contribution in [-0.2, 0) is 9.59 Å². The van der Waals surface area contributed by atoms with E-state index < -0.39 is 17.1 Å². The number of hydrogen-bond donors (Lipinski definition) is 1. The Morgan fingerprint density at radius 3 is 2.59 bits per heavy atom. The lowest BCUT2D eigenvalue weighted by molar-refractivity contribution is -0.127. The maximum Gasteiger partial charge on any atom is 0.294 e. The average Bonchev–Trinajstić information content (AvgIpc) is 3.02. The largest absolute Gasteiger partial charge is 0.369 e. The van der Waals surface area contributed by atoms with Crippen LogP contribution < -0.4 is 10.2 Å². The van der Waals surface area contributed by atoms with Gasteiger partial charge in [0, 0.05) is 28.4 Å². The first kappa shape index (κ1) is 24.5. The number of fused-ring (bicyclic) bond motifs is 1. The van der Waals surface area contributed by atoms with Gasteiger partial charge in [0.1, 0.15) is 6.54 Å². The van der Waals surface area contributed by atoms with Gasteiger partial charge in [0.2, 0.25) is 5.91 Å². The normalized spacial score (nSPS) is 20.6. The summed E-state index contributed by atoms with van der Waals surface area (Å²) < 4.78 is 0.892. The van der Waals surface area contributed by atoms with Crippen molar-refractivity contribution in [2.24, 2.45) is 0 Å². The Balaban J connectivity index is 1.54. The Labute approximate surface area is 212 Å². The Hall–Kier alpha value is -2.58. The number of halogens is 1. The van der Waals surface area contributed by atoms with Gasteiger partial charge in [-0.2, -0.15) is 0 Å². The SMILES string of the molecule is Cc1cc2c(cc1/C=C1\SC(=O)N(CC(=O)Nc3ccc(Br)cc3)C1=O)[C@@H](C)CC(C)(C)N2C. The van der Waals surface area contributed by atoms with E-state index in [-0.39, 0.29) is 12.1 Å². The molecule has 34 heavy (non-hydrogen) atoms. The third-order valence-corrected chi connectivity index (χ3v) is 8.05. The standard InChI is InChI=1S/C26H28BrN3O3S/c1-15-10-21-20(16(2)13-26(3,4)29(21)5)11-17(15)12-22-24(32)30(25(33)34-22)14-23(31)28-19-8-6-18(27)7-9-19/h6-12,16H,13-14H2,1-5H3,(H,28,31)/b22-12-/t16-/m0/s1. The van der Waals surface area contributed by atoms with Crippen LogP contribution in [-0.4, -0.2) is 41.1 Å². The van der Waals surface area contributed by atoms with Gasteiger partial charge in [-0.25, -0.2) is 0 Å². The second-order valence-electron chi connectivity index (χ2n) is 9.57.